The van der Waals surface area contributed by atoms with Gasteiger partial charge in [-0.05, 0) is 30.0 Å². The van der Waals surface area contributed by atoms with E-state index in [1.54, 1.807) is 12.1 Å². The largest absolute Gasteiger partial charge is 0.349 e. The summed E-state index contributed by atoms with van der Waals surface area (Å²) in [6.07, 6.45) is 0. The molecule has 1 aliphatic heterocycles. The first-order valence-electron chi connectivity index (χ1n) is 5.53. The average Bonchev–Trinajstić information content (AvgIpc) is 2.74. The maximum absolute atomic E-state index is 12.9. The van der Waals surface area contributed by atoms with Gasteiger partial charge in [0.15, 0.2) is 0 Å². The third-order valence-electron chi connectivity index (χ3n) is 3.48. The molecule has 0 radical (unpaired) electrons. The molecule has 0 bridgehead atoms. The number of carbonyl (C=O) groups excluding carboxylic acids is 1. The summed E-state index contributed by atoms with van der Waals surface area (Å²) in [4.78, 5) is 11.8. The molecule has 3 rings (SSSR count). The maximum atomic E-state index is 12.9. The molecule has 1 amide bonds. The molecule has 1 heterocycles. The smallest absolute Gasteiger partial charge is 0.251 e. The summed E-state index contributed by atoms with van der Waals surface area (Å²) in [5.74, 6) is 0.624. The lowest BCUT2D eigenvalue weighted by atomic mass is 10.2. The van der Waals surface area contributed by atoms with Gasteiger partial charge in [0.2, 0.25) is 0 Å². The minimum absolute atomic E-state index is 0.168. The summed E-state index contributed by atoms with van der Waals surface area (Å²) < 4.78 is 12.9. The Morgan fingerprint density at radius 1 is 1.38 bits per heavy atom. The van der Waals surface area contributed by atoms with E-state index >= 15 is 0 Å². The molecule has 0 spiro atoms. The summed E-state index contributed by atoms with van der Waals surface area (Å²) in [7, 11) is 0. The lowest BCUT2D eigenvalue weighted by Crippen LogP contribution is -2.32. The molecule has 2 N–H and O–H groups in total. The topological polar surface area (TPSA) is 41.1 Å². The summed E-state index contributed by atoms with van der Waals surface area (Å²) in [5.41, 5.74) is 0.401. The van der Waals surface area contributed by atoms with Crippen molar-refractivity contribution in [3.8, 4) is 0 Å². The Morgan fingerprint density at radius 2 is 2.12 bits per heavy atom. The van der Waals surface area contributed by atoms with Crippen LogP contribution in [0.4, 0.5) is 4.39 Å². The maximum Gasteiger partial charge on any atom is 0.251 e. The predicted octanol–water partition coefficient (Wildman–Crippen LogP) is 0.773. The molecule has 4 heteroatoms. The number of carbonyl (C=O) groups is 1. The lowest BCUT2D eigenvalue weighted by Gasteiger charge is -2.07. The third kappa shape index (κ3) is 1.59. The summed E-state index contributed by atoms with van der Waals surface area (Å²) in [5, 5.41) is 6.22. The minimum Gasteiger partial charge on any atom is -0.349 e. The molecule has 1 aromatic carbocycles. The van der Waals surface area contributed by atoms with E-state index in [9.17, 15) is 9.18 Å². The molecule has 16 heavy (non-hydrogen) atoms. The first-order valence-corrected chi connectivity index (χ1v) is 5.53. The Kier molecular flexibility index (Phi) is 2.17. The Hall–Kier alpha value is -1.42. The van der Waals surface area contributed by atoms with Crippen LogP contribution in [-0.2, 0) is 0 Å². The van der Waals surface area contributed by atoms with Crippen LogP contribution in [0, 0.1) is 17.7 Å². The summed E-state index contributed by atoms with van der Waals surface area (Å²) in [6, 6.07) is 6.09. The molecule has 2 fully saturated rings. The number of halogens is 1. The van der Waals surface area contributed by atoms with E-state index in [4.69, 9.17) is 0 Å². The van der Waals surface area contributed by atoms with Crippen molar-refractivity contribution in [2.45, 2.75) is 6.04 Å². The van der Waals surface area contributed by atoms with Gasteiger partial charge in [0.25, 0.3) is 5.91 Å². The zero-order valence-electron chi connectivity index (χ0n) is 8.74. The van der Waals surface area contributed by atoms with E-state index in [2.05, 4.69) is 10.6 Å². The van der Waals surface area contributed by atoms with Gasteiger partial charge >= 0.3 is 0 Å². The van der Waals surface area contributed by atoms with Crippen LogP contribution in [0.2, 0.25) is 0 Å². The zero-order valence-corrected chi connectivity index (χ0v) is 8.74. The Balaban J connectivity index is 1.66. The SMILES string of the molecule is O=C(NC1C2CNCC21)c1cccc(F)c1. The number of nitrogens with one attached hydrogen (secondary N) is 2. The lowest BCUT2D eigenvalue weighted by molar-refractivity contribution is 0.0946. The van der Waals surface area contributed by atoms with Crippen LogP contribution in [0.3, 0.4) is 0 Å². The van der Waals surface area contributed by atoms with Gasteiger partial charge in [-0.25, -0.2) is 4.39 Å². The summed E-state index contributed by atoms with van der Waals surface area (Å²) >= 11 is 0. The highest BCUT2D eigenvalue weighted by Gasteiger charge is 2.53. The van der Waals surface area contributed by atoms with E-state index in [0.717, 1.165) is 13.1 Å². The molecular formula is C12H13FN2O. The van der Waals surface area contributed by atoms with Crippen LogP contribution >= 0.6 is 0 Å². The number of rotatable bonds is 2. The van der Waals surface area contributed by atoms with Gasteiger partial charge in [-0.15, -0.1) is 0 Å². The molecule has 84 valence electrons. The highest BCUT2D eigenvalue weighted by molar-refractivity contribution is 5.94. The number of benzene rings is 1. The van der Waals surface area contributed by atoms with Gasteiger partial charge in [-0.1, -0.05) is 6.07 Å². The van der Waals surface area contributed by atoms with Gasteiger partial charge in [0, 0.05) is 24.7 Å². The average molecular weight is 220 g/mol. The first-order chi connectivity index (χ1) is 7.75. The van der Waals surface area contributed by atoms with Crippen molar-refractivity contribution in [3.63, 3.8) is 0 Å². The van der Waals surface area contributed by atoms with Gasteiger partial charge in [0.05, 0.1) is 0 Å². The normalized spacial score (nSPS) is 30.9. The Morgan fingerprint density at radius 3 is 2.81 bits per heavy atom. The van der Waals surface area contributed by atoms with Crippen molar-refractivity contribution in [1.82, 2.24) is 10.6 Å². The molecular weight excluding hydrogens is 207 g/mol. The molecule has 1 aromatic rings. The molecule has 0 aromatic heterocycles. The minimum atomic E-state index is -0.370. The Labute approximate surface area is 93.0 Å². The van der Waals surface area contributed by atoms with Crippen molar-refractivity contribution in [2.24, 2.45) is 11.8 Å². The summed E-state index contributed by atoms with van der Waals surface area (Å²) in [6.45, 7) is 1.97. The highest BCUT2D eigenvalue weighted by Crippen LogP contribution is 2.41. The number of hydrogen-bond acceptors (Lipinski definition) is 2. The highest BCUT2D eigenvalue weighted by atomic mass is 19.1. The van der Waals surface area contributed by atoms with Crippen molar-refractivity contribution in [3.05, 3.63) is 35.6 Å². The van der Waals surface area contributed by atoms with E-state index < -0.39 is 0 Å². The zero-order chi connectivity index (χ0) is 11.1. The number of piperidine rings is 1. The predicted molar refractivity (Wildman–Crippen MR) is 57.5 cm³/mol. The van der Waals surface area contributed by atoms with Gasteiger partial charge in [-0.3, -0.25) is 4.79 Å². The van der Waals surface area contributed by atoms with Crippen molar-refractivity contribution in [1.29, 1.82) is 0 Å². The quantitative estimate of drug-likeness (QED) is 0.773. The molecule has 1 saturated heterocycles. The molecule has 2 unspecified atom stereocenters. The third-order valence-corrected chi connectivity index (χ3v) is 3.48. The second-order valence-electron chi connectivity index (χ2n) is 4.50. The van der Waals surface area contributed by atoms with Crippen molar-refractivity contribution < 1.29 is 9.18 Å². The van der Waals surface area contributed by atoms with Crippen LogP contribution in [0.1, 0.15) is 10.4 Å². The molecule has 2 atom stereocenters. The van der Waals surface area contributed by atoms with Gasteiger partial charge in [-0.2, -0.15) is 0 Å². The second kappa shape index (κ2) is 3.56. The molecule has 1 saturated carbocycles. The monoisotopic (exact) mass is 220 g/mol. The van der Waals surface area contributed by atoms with Crippen LogP contribution in [-0.4, -0.2) is 25.0 Å². The second-order valence-corrected chi connectivity index (χ2v) is 4.50. The fourth-order valence-corrected chi connectivity index (χ4v) is 2.50. The van der Waals surface area contributed by atoms with E-state index in [0.29, 0.717) is 17.4 Å². The number of hydrogen-bond donors (Lipinski definition) is 2. The number of amides is 1. The number of fused-ring (bicyclic) bond motifs is 1. The van der Waals surface area contributed by atoms with Crippen molar-refractivity contribution in [2.75, 3.05) is 13.1 Å². The van der Waals surface area contributed by atoms with Crippen LogP contribution in [0.5, 0.6) is 0 Å². The van der Waals surface area contributed by atoms with Gasteiger partial charge in [0.1, 0.15) is 5.82 Å². The molecule has 2 aliphatic rings. The fraction of sp³-hybridized carbons (Fsp3) is 0.417. The van der Waals surface area contributed by atoms with Crippen LogP contribution in [0.25, 0.3) is 0 Å². The molecule has 1 aliphatic carbocycles. The van der Waals surface area contributed by atoms with E-state index in [1.165, 1.54) is 12.1 Å². The van der Waals surface area contributed by atoms with E-state index in [1.807, 2.05) is 0 Å². The Bertz CT molecular complexity index is 425. The first kappa shape index (κ1) is 9.78. The van der Waals surface area contributed by atoms with Gasteiger partial charge < -0.3 is 10.6 Å². The van der Waals surface area contributed by atoms with E-state index in [-0.39, 0.29) is 17.8 Å². The van der Waals surface area contributed by atoms with Crippen LogP contribution < -0.4 is 10.6 Å². The van der Waals surface area contributed by atoms with Crippen molar-refractivity contribution >= 4 is 5.91 Å². The molecule has 3 nitrogen and oxygen atoms in total. The standard InChI is InChI=1S/C12H13FN2O/c13-8-3-1-2-7(4-8)12(16)15-11-9-5-14-6-10(9)11/h1-4,9-11,14H,5-6H2,(H,15,16). The van der Waals surface area contributed by atoms with Crippen LogP contribution in [0.15, 0.2) is 24.3 Å². The fourth-order valence-electron chi connectivity index (χ4n) is 2.50.